The minimum atomic E-state index is 0. The molecule has 0 spiro atoms. The molecule has 140 valence electrons. The number of ether oxygens (including phenoxy) is 1. The minimum absolute atomic E-state index is 0. The Bertz CT molecular complexity index is 298. The first-order valence-corrected chi connectivity index (χ1v) is 8.76. The minimum Gasteiger partial charge on any atom is -0.378 e. The average Bonchev–Trinajstić information content (AvgIpc) is 2.45. The van der Waals surface area contributed by atoms with Crippen LogP contribution in [0.5, 0.6) is 0 Å². The second-order valence-corrected chi connectivity index (χ2v) is 6.29. The summed E-state index contributed by atoms with van der Waals surface area (Å²) in [6.07, 6.45) is 1.26. The summed E-state index contributed by atoms with van der Waals surface area (Å²) < 4.78 is 5.77. The predicted octanol–water partition coefficient (Wildman–Crippen LogP) is 2.95. The van der Waals surface area contributed by atoms with Crippen LogP contribution in [0.25, 0.3) is 0 Å². The molecule has 0 saturated carbocycles. The number of hydrogen-bond donors (Lipinski definition) is 2. The fourth-order valence-corrected chi connectivity index (χ4v) is 2.08. The van der Waals surface area contributed by atoms with Gasteiger partial charge in [-0.25, -0.2) is 0 Å². The lowest BCUT2D eigenvalue weighted by molar-refractivity contribution is 0.0266. The third-order valence-electron chi connectivity index (χ3n) is 3.79. The zero-order valence-electron chi connectivity index (χ0n) is 16.2. The van der Waals surface area contributed by atoms with Crippen LogP contribution >= 0.6 is 24.0 Å². The van der Waals surface area contributed by atoms with Crippen molar-refractivity contribution in [3.8, 4) is 0 Å². The van der Waals surface area contributed by atoms with Gasteiger partial charge in [0.1, 0.15) is 0 Å². The van der Waals surface area contributed by atoms with Crippen LogP contribution < -0.4 is 10.6 Å². The van der Waals surface area contributed by atoms with Crippen LogP contribution in [0.2, 0.25) is 0 Å². The first kappa shape index (κ1) is 25.2. The molecular formula is C17H39IN4O. The summed E-state index contributed by atoms with van der Waals surface area (Å²) in [7, 11) is 2.14. The summed E-state index contributed by atoms with van der Waals surface area (Å²) in [6, 6.07) is 0.569. The monoisotopic (exact) mass is 442 g/mol. The standard InChI is InChI=1S/C17H38N4O.HI/c1-8-18-17(20-12-13-21(7)15(5)6)19-11-10-16(14(3)4)22-9-2;/h14-16H,8-13H2,1-7H3,(H2,18,19,20);1H. The molecule has 0 aliphatic carbocycles. The van der Waals surface area contributed by atoms with E-state index in [1.54, 1.807) is 0 Å². The molecule has 0 rings (SSSR count). The van der Waals surface area contributed by atoms with Crippen molar-refractivity contribution >= 4 is 29.9 Å². The molecule has 0 aliphatic rings. The number of hydrogen-bond acceptors (Lipinski definition) is 3. The predicted molar refractivity (Wildman–Crippen MR) is 112 cm³/mol. The summed E-state index contributed by atoms with van der Waals surface area (Å²) in [5, 5.41) is 6.70. The third-order valence-corrected chi connectivity index (χ3v) is 3.79. The van der Waals surface area contributed by atoms with E-state index in [0.717, 1.165) is 45.2 Å². The maximum Gasteiger partial charge on any atom is 0.191 e. The van der Waals surface area contributed by atoms with E-state index in [0.29, 0.717) is 18.1 Å². The van der Waals surface area contributed by atoms with E-state index in [1.807, 2.05) is 0 Å². The molecule has 1 atom stereocenters. The fourth-order valence-electron chi connectivity index (χ4n) is 2.08. The third kappa shape index (κ3) is 12.9. The number of likely N-dealkylation sites (N-methyl/N-ethyl adjacent to an activating group) is 1. The Morgan fingerprint density at radius 2 is 1.78 bits per heavy atom. The molecule has 0 heterocycles. The second kappa shape index (κ2) is 15.4. The topological polar surface area (TPSA) is 48.9 Å². The largest absolute Gasteiger partial charge is 0.378 e. The molecule has 2 N–H and O–H groups in total. The molecule has 0 aromatic rings. The Balaban J connectivity index is 0. The van der Waals surface area contributed by atoms with Crippen LogP contribution in [0.3, 0.4) is 0 Å². The van der Waals surface area contributed by atoms with Crippen molar-refractivity contribution in [1.82, 2.24) is 15.5 Å². The normalized spacial score (nSPS) is 13.4. The van der Waals surface area contributed by atoms with Crippen molar-refractivity contribution in [3.63, 3.8) is 0 Å². The van der Waals surface area contributed by atoms with Crippen molar-refractivity contribution in [1.29, 1.82) is 0 Å². The molecule has 5 nitrogen and oxygen atoms in total. The first-order chi connectivity index (χ1) is 10.4. The Kier molecular flexibility index (Phi) is 16.9. The molecular weight excluding hydrogens is 403 g/mol. The lowest BCUT2D eigenvalue weighted by Gasteiger charge is -2.22. The highest BCUT2D eigenvalue weighted by Crippen LogP contribution is 2.10. The number of nitrogens with zero attached hydrogens (tertiary/aromatic N) is 2. The van der Waals surface area contributed by atoms with Gasteiger partial charge in [0.15, 0.2) is 5.96 Å². The molecule has 0 aliphatic heterocycles. The summed E-state index contributed by atoms with van der Waals surface area (Å²) in [4.78, 5) is 6.98. The van der Waals surface area contributed by atoms with Crippen LogP contribution in [-0.4, -0.2) is 62.8 Å². The maximum absolute atomic E-state index is 5.77. The summed E-state index contributed by atoms with van der Waals surface area (Å²) >= 11 is 0. The van der Waals surface area contributed by atoms with Gasteiger partial charge in [-0.2, -0.15) is 0 Å². The van der Waals surface area contributed by atoms with Gasteiger partial charge in [0.05, 0.1) is 6.10 Å². The van der Waals surface area contributed by atoms with Gasteiger partial charge in [-0.15, -0.1) is 24.0 Å². The number of aliphatic imine (C=N–C) groups is 1. The zero-order valence-corrected chi connectivity index (χ0v) is 18.5. The maximum atomic E-state index is 5.77. The van der Waals surface area contributed by atoms with Crippen molar-refractivity contribution < 1.29 is 4.74 Å². The van der Waals surface area contributed by atoms with Crippen LogP contribution in [0.1, 0.15) is 48.0 Å². The Hall–Kier alpha value is -0.0800. The van der Waals surface area contributed by atoms with Crippen molar-refractivity contribution in [2.24, 2.45) is 10.9 Å². The van der Waals surface area contributed by atoms with Crippen LogP contribution in [0, 0.1) is 5.92 Å². The Morgan fingerprint density at radius 3 is 2.26 bits per heavy atom. The van der Waals surface area contributed by atoms with Gasteiger partial charge < -0.3 is 20.3 Å². The molecule has 6 heteroatoms. The quantitative estimate of drug-likeness (QED) is 0.294. The van der Waals surface area contributed by atoms with E-state index in [9.17, 15) is 0 Å². The van der Waals surface area contributed by atoms with Crippen molar-refractivity contribution in [3.05, 3.63) is 0 Å². The Morgan fingerprint density at radius 1 is 1.13 bits per heavy atom. The van der Waals surface area contributed by atoms with Crippen molar-refractivity contribution in [2.45, 2.75) is 60.1 Å². The lowest BCUT2D eigenvalue weighted by atomic mass is 10.0. The summed E-state index contributed by atoms with van der Waals surface area (Å²) in [6.45, 7) is 17.3. The molecule has 0 saturated heterocycles. The molecule has 0 fully saturated rings. The molecule has 0 aromatic carbocycles. The molecule has 1 unspecified atom stereocenters. The highest BCUT2D eigenvalue weighted by Gasteiger charge is 2.12. The smallest absolute Gasteiger partial charge is 0.191 e. The number of halogens is 1. The summed E-state index contributed by atoms with van der Waals surface area (Å²) in [5.41, 5.74) is 0. The van der Waals surface area contributed by atoms with E-state index in [-0.39, 0.29) is 24.0 Å². The second-order valence-electron chi connectivity index (χ2n) is 6.29. The molecule has 0 bridgehead atoms. The Labute approximate surface area is 161 Å². The average molecular weight is 442 g/mol. The zero-order chi connectivity index (χ0) is 17.0. The van der Waals surface area contributed by atoms with Gasteiger partial charge in [-0.1, -0.05) is 13.8 Å². The van der Waals surface area contributed by atoms with Gasteiger partial charge in [-0.3, -0.25) is 4.99 Å². The van der Waals surface area contributed by atoms with Gasteiger partial charge in [0, 0.05) is 38.8 Å². The molecule has 0 aromatic heterocycles. The molecule has 0 amide bonds. The van der Waals surface area contributed by atoms with E-state index >= 15 is 0 Å². The first-order valence-electron chi connectivity index (χ1n) is 8.76. The van der Waals surface area contributed by atoms with Gasteiger partial charge in [0.25, 0.3) is 0 Å². The van der Waals surface area contributed by atoms with Crippen molar-refractivity contribution in [2.75, 3.05) is 39.8 Å². The van der Waals surface area contributed by atoms with Gasteiger partial charge in [-0.05, 0) is 47.1 Å². The number of rotatable bonds is 11. The lowest BCUT2D eigenvalue weighted by Crippen LogP contribution is -2.42. The molecule has 23 heavy (non-hydrogen) atoms. The van der Waals surface area contributed by atoms with E-state index < -0.39 is 0 Å². The highest BCUT2D eigenvalue weighted by molar-refractivity contribution is 14.0. The van der Waals surface area contributed by atoms with Crippen LogP contribution in [0.15, 0.2) is 4.99 Å². The SMILES string of the molecule is CCNC(=NCCC(OCC)C(C)C)NCCN(C)C(C)C.I. The number of guanidine groups is 1. The van der Waals surface area contributed by atoms with Crippen LogP contribution in [0.4, 0.5) is 0 Å². The summed E-state index contributed by atoms with van der Waals surface area (Å²) in [5.74, 6) is 1.43. The van der Waals surface area contributed by atoms with E-state index in [1.165, 1.54) is 0 Å². The fraction of sp³-hybridized carbons (Fsp3) is 0.941. The van der Waals surface area contributed by atoms with Gasteiger partial charge in [0.2, 0.25) is 0 Å². The van der Waals surface area contributed by atoms with Crippen LogP contribution in [-0.2, 0) is 4.74 Å². The number of nitrogens with one attached hydrogen (secondary N) is 2. The molecule has 0 radical (unpaired) electrons. The van der Waals surface area contributed by atoms with E-state index in [4.69, 9.17) is 4.74 Å². The highest BCUT2D eigenvalue weighted by atomic mass is 127. The van der Waals surface area contributed by atoms with E-state index in [2.05, 4.69) is 69.1 Å². The van der Waals surface area contributed by atoms with Gasteiger partial charge >= 0.3 is 0 Å².